The van der Waals surface area contributed by atoms with Crippen molar-refractivity contribution < 1.29 is 27.4 Å². The maximum absolute atomic E-state index is 13.9. The van der Waals surface area contributed by atoms with Crippen molar-refractivity contribution in [3.05, 3.63) is 60.3 Å². The summed E-state index contributed by atoms with van der Waals surface area (Å²) in [7, 11) is 0.328. The minimum Gasteiger partial charge on any atom is -0.494 e. The molecule has 1 aromatic carbocycles. The lowest BCUT2D eigenvalue weighted by molar-refractivity contribution is 0.00152. The molecule has 0 radical (unpaired) electrons. The van der Waals surface area contributed by atoms with Gasteiger partial charge in [-0.15, -0.1) is 10.2 Å². The van der Waals surface area contributed by atoms with Gasteiger partial charge in [-0.3, -0.25) is 9.29 Å². The van der Waals surface area contributed by atoms with Crippen LogP contribution in [0.5, 0.6) is 17.4 Å². The Morgan fingerprint density at radius 2 is 1.56 bits per heavy atom. The van der Waals surface area contributed by atoms with Crippen LogP contribution in [0.15, 0.2) is 48.9 Å². The second kappa shape index (κ2) is 12.5. The molecule has 218 valence electrons. The molecule has 0 saturated heterocycles. The second-order valence-electron chi connectivity index (χ2n) is 9.36. The summed E-state index contributed by atoms with van der Waals surface area (Å²) in [6.07, 6.45) is 3.53. The molecule has 0 amide bonds. The summed E-state index contributed by atoms with van der Waals surface area (Å²) >= 11 is 0. The Morgan fingerprint density at radius 1 is 0.902 bits per heavy atom. The number of benzene rings is 1. The third-order valence-corrected chi connectivity index (χ3v) is 7.81. The number of pyridine rings is 1. The van der Waals surface area contributed by atoms with Gasteiger partial charge in [0.05, 0.1) is 27.4 Å². The molecular formula is C27H33N7O6S. The molecule has 4 rings (SSSR count). The van der Waals surface area contributed by atoms with E-state index in [0.717, 1.165) is 5.56 Å². The van der Waals surface area contributed by atoms with E-state index in [0.29, 0.717) is 28.6 Å². The lowest BCUT2D eigenvalue weighted by Gasteiger charge is -2.25. The molecule has 14 heteroatoms. The second-order valence-corrected chi connectivity index (χ2v) is 11.4. The Bertz CT molecular complexity index is 1570. The summed E-state index contributed by atoms with van der Waals surface area (Å²) in [5.41, 5.74) is 1.78. The summed E-state index contributed by atoms with van der Waals surface area (Å²) in [5.74, 6) is 1.57. The average Bonchev–Trinajstić information content (AvgIpc) is 3.37. The number of nitrogens with zero attached hydrogens (tertiary/aromatic N) is 6. The molecule has 13 nitrogen and oxygen atoms in total. The van der Waals surface area contributed by atoms with E-state index in [1.807, 2.05) is 20.8 Å². The Morgan fingerprint density at radius 3 is 2.15 bits per heavy atom. The molecule has 3 heterocycles. The maximum atomic E-state index is 13.9. The highest BCUT2D eigenvalue weighted by atomic mass is 32.2. The van der Waals surface area contributed by atoms with Crippen LogP contribution in [0.4, 0.5) is 5.95 Å². The monoisotopic (exact) mass is 583 g/mol. The molecule has 0 aliphatic heterocycles. The number of sulfonamides is 1. The summed E-state index contributed by atoms with van der Waals surface area (Å²) in [6, 6.07) is 8.55. The smallest absolute Gasteiger partial charge is 0.243 e. The Labute approximate surface area is 239 Å². The van der Waals surface area contributed by atoms with Gasteiger partial charge in [-0.1, -0.05) is 6.07 Å². The zero-order valence-corrected chi connectivity index (χ0v) is 24.7. The van der Waals surface area contributed by atoms with Crippen LogP contribution in [0.3, 0.4) is 0 Å². The van der Waals surface area contributed by atoms with E-state index in [1.165, 1.54) is 32.8 Å². The molecule has 0 saturated carbocycles. The van der Waals surface area contributed by atoms with Gasteiger partial charge in [0.1, 0.15) is 28.5 Å². The number of hydrogen-bond donors (Lipinski definition) is 1. The lowest BCUT2D eigenvalue weighted by atomic mass is 10.2. The van der Waals surface area contributed by atoms with Crippen LogP contribution >= 0.6 is 0 Å². The summed E-state index contributed by atoms with van der Waals surface area (Å²) in [5, 5.41) is 7.43. The van der Waals surface area contributed by atoms with Gasteiger partial charge in [-0.2, -0.15) is 0 Å². The first-order valence-electron chi connectivity index (χ1n) is 12.7. The van der Waals surface area contributed by atoms with Gasteiger partial charge >= 0.3 is 0 Å². The predicted molar refractivity (Wildman–Crippen MR) is 152 cm³/mol. The molecule has 0 aliphatic rings. The first-order valence-corrected chi connectivity index (χ1v) is 14.3. The number of rotatable bonds is 12. The van der Waals surface area contributed by atoms with E-state index in [9.17, 15) is 8.42 Å². The van der Waals surface area contributed by atoms with Crippen LogP contribution in [-0.4, -0.2) is 70.8 Å². The minimum atomic E-state index is -4.16. The zero-order chi connectivity index (χ0) is 29.7. The first-order chi connectivity index (χ1) is 19.6. The quantitative estimate of drug-likeness (QED) is 0.259. The summed E-state index contributed by atoms with van der Waals surface area (Å²) in [4.78, 5) is 12.8. The van der Waals surface area contributed by atoms with Gasteiger partial charge in [-0.25, -0.2) is 23.4 Å². The molecule has 0 aliphatic carbocycles. The normalized spacial score (nSPS) is 13.1. The fourth-order valence-corrected chi connectivity index (χ4v) is 5.15. The highest BCUT2D eigenvalue weighted by Gasteiger charge is 2.36. The fraction of sp³-hybridized carbons (Fsp3) is 0.370. The fourth-order valence-electron chi connectivity index (χ4n) is 4.07. The van der Waals surface area contributed by atoms with E-state index < -0.39 is 21.4 Å². The molecule has 41 heavy (non-hydrogen) atoms. The predicted octanol–water partition coefficient (Wildman–Crippen LogP) is 3.75. The number of anilines is 1. The number of methoxy groups -OCH3 is 3. The SMILES string of the molecule is COc1cc(-c2nnc(NS(=O)(=O)[C@@H](C)[C@H](OC(C)C)c3ncc(C)cn3)n2-c2c(OC)cccc2OC)ccn1. The van der Waals surface area contributed by atoms with Crippen molar-refractivity contribution in [2.45, 2.75) is 45.2 Å². The van der Waals surface area contributed by atoms with Gasteiger partial charge in [0.2, 0.25) is 21.9 Å². The molecule has 3 aromatic heterocycles. The van der Waals surface area contributed by atoms with Gasteiger partial charge < -0.3 is 18.9 Å². The Kier molecular flexibility index (Phi) is 9.03. The van der Waals surface area contributed by atoms with Crippen molar-refractivity contribution in [3.8, 4) is 34.5 Å². The van der Waals surface area contributed by atoms with Crippen molar-refractivity contribution in [2.75, 3.05) is 26.1 Å². The number of nitrogens with one attached hydrogen (secondary N) is 1. The standard InChI is InChI=1S/C27H33N7O6S/c1-16(2)40-24(25-29-14-17(3)15-30-25)18(4)41(35,36)33-27-32-31-26(19-11-12-28-22(13-19)39-7)34(27)23-20(37-5)9-8-10-21(23)38-6/h8-16,18,24H,1-7H3,(H,32,33)/t18-,24-/m0/s1. The van der Waals surface area contributed by atoms with E-state index in [4.69, 9.17) is 18.9 Å². The minimum absolute atomic E-state index is 0.0986. The van der Waals surface area contributed by atoms with Crippen molar-refractivity contribution in [1.82, 2.24) is 29.7 Å². The van der Waals surface area contributed by atoms with E-state index in [2.05, 4.69) is 29.9 Å². The van der Waals surface area contributed by atoms with Crippen molar-refractivity contribution >= 4 is 16.0 Å². The van der Waals surface area contributed by atoms with Crippen molar-refractivity contribution in [1.29, 1.82) is 0 Å². The van der Waals surface area contributed by atoms with E-state index in [1.54, 1.807) is 48.9 Å². The molecule has 2 atom stereocenters. The van der Waals surface area contributed by atoms with Crippen LogP contribution in [-0.2, 0) is 14.8 Å². The molecule has 0 spiro atoms. The highest BCUT2D eigenvalue weighted by molar-refractivity contribution is 7.93. The largest absolute Gasteiger partial charge is 0.494 e. The van der Waals surface area contributed by atoms with Crippen molar-refractivity contribution in [2.24, 2.45) is 0 Å². The third kappa shape index (κ3) is 6.38. The highest BCUT2D eigenvalue weighted by Crippen LogP contribution is 2.38. The Balaban J connectivity index is 1.86. The molecule has 4 aromatic rings. The number of para-hydroxylation sites is 1. The number of aryl methyl sites for hydroxylation is 1. The third-order valence-electron chi connectivity index (χ3n) is 6.11. The van der Waals surface area contributed by atoms with Crippen LogP contribution < -0.4 is 18.9 Å². The molecule has 1 N–H and O–H groups in total. The van der Waals surface area contributed by atoms with Crippen LogP contribution in [0.1, 0.15) is 38.3 Å². The first kappa shape index (κ1) is 29.7. The Hall–Kier alpha value is -4.30. The summed E-state index contributed by atoms with van der Waals surface area (Å²) in [6.45, 7) is 7.00. The van der Waals surface area contributed by atoms with Gasteiger partial charge in [-0.05, 0) is 51.5 Å². The summed E-state index contributed by atoms with van der Waals surface area (Å²) < 4.78 is 54.4. The molecule has 0 bridgehead atoms. The zero-order valence-electron chi connectivity index (χ0n) is 23.9. The van der Waals surface area contributed by atoms with Crippen LogP contribution in [0, 0.1) is 6.92 Å². The number of ether oxygens (including phenoxy) is 4. The van der Waals surface area contributed by atoms with Gasteiger partial charge in [0.25, 0.3) is 0 Å². The molecule has 0 unspecified atom stereocenters. The topological polar surface area (TPSA) is 152 Å². The van der Waals surface area contributed by atoms with Gasteiger partial charge in [0, 0.05) is 30.2 Å². The van der Waals surface area contributed by atoms with Crippen molar-refractivity contribution in [3.63, 3.8) is 0 Å². The van der Waals surface area contributed by atoms with Crippen LogP contribution in [0.25, 0.3) is 17.1 Å². The maximum Gasteiger partial charge on any atom is 0.243 e. The molecular weight excluding hydrogens is 550 g/mol. The average molecular weight is 584 g/mol. The van der Waals surface area contributed by atoms with Crippen LogP contribution in [0.2, 0.25) is 0 Å². The molecule has 0 fully saturated rings. The number of hydrogen-bond acceptors (Lipinski definition) is 11. The van der Waals surface area contributed by atoms with Gasteiger partial charge in [0.15, 0.2) is 11.6 Å². The van der Waals surface area contributed by atoms with E-state index >= 15 is 0 Å². The van der Waals surface area contributed by atoms with E-state index in [-0.39, 0.29) is 23.7 Å². The number of aromatic nitrogens is 6. The lowest BCUT2D eigenvalue weighted by Crippen LogP contribution is -2.35.